The number of fused-ring (bicyclic) bond motifs is 1. The van der Waals surface area contributed by atoms with Gasteiger partial charge in [0, 0.05) is 23.7 Å². The molecule has 5 nitrogen and oxygen atoms in total. The van der Waals surface area contributed by atoms with Gasteiger partial charge in [-0.3, -0.25) is 14.5 Å². The maximum atomic E-state index is 13.2. The molecule has 144 valence electrons. The fraction of sp³-hybridized carbons (Fsp3) is 0.421. The lowest BCUT2D eigenvalue weighted by Crippen LogP contribution is -2.32. The molecule has 2 aliphatic rings. The van der Waals surface area contributed by atoms with E-state index in [1.54, 1.807) is 12.0 Å². The van der Waals surface area contributed by atoms with Crippen LogP contribution in [0, 0.1) is 0 Å². The van der Waals surface area contributed by atoms with Crippen LogP contribution in [-0.4, -0.2) is 47.8 Å². The van der Waals surface area contributed by atoms with Gasteiger partial charge in [0.2, 0.25) is 0 Å². The third-order valence-electron chi connectivity index (χ3n) is 4.56. The Morgan fingerprint density at radius 2 is 1.93 bits per heavy atom. The van der Waals surface area contributed by atoms with Crippen LogP contribution < -0.4 is 4.90 Å². The number of carbonyl (C=O) groups excluding carboxylic acids is 2. The van der Waals surface area contributed by atoms with Gasteiger partial charge in [0.25, 0.3) is 11.8 Å². The number of carbonyl (C=O) groups is 2. The van der Waals surface area contributed by atoms with Gasteiger partial charge in [-0.2, -0.15) is 0 Å². The van der Waals surface area contributed by atoms with E-state index in [0.29, 0.717) is 34.5 Å². The summed E-state index contributed by atoms with van der Waals surface area (Å²) >= 11 is 10.0. The number of anilines is 1. The van der Waals surface area contributed by atoms with Gasteiger partial charge < -0.3 is 9.64 Å². The molecule has 0 unspecified atom stereocenters. The van der Waals surface area contributed by atoms with Crippen LogP contribution >= 0.6 is 39.9 Å². The Balaban J connectivity index is 2.01. The molecule has 0 N–H and O–H groups in total. The van der Waals surface area contributed by atoms with Crippen LogP contribution in [0.4, 0.5) is 5.69 Å². The van der Waals surface area contributed by atoms with Crippen LogP contribution in [0.3, 0.4) is 0 Å². The first-order valence-electron chi connectivity index (χ1n) is 8.88. The SMILES string of the molecule is CCCCCN1C(=O)/C(=C2\SC(=S)N(CCOC)C2=O)c2cc(Br)ccc21. The van der Waals surface area contributed by atoms with Gasteiger partial charge in [-0.05, 0) is 24.6 Å². The van der Waals surface area contributed by atoms with Gasteiger partial charge >= 0.3 is 0 Å². The molecule has 0 radical (unpaired) electrons. The van der Waals surface area contributed by atoms with Gasteiger partial charge in [0.15, 0.2) is 0 Å². The van der Waals surface area contributed by atoms with Crippen molar-refractivity contribution in [1.29, 1.82) is 0 Å². The third kappa shape index (κ3) is 3.99. The molecule has 0 saturated carbocycles. The summed E-state index contributed by atoms with van der Waals surface area (Å²) in [6, 6.07) is 5.76. The van der Waals surface area contributed by atoms with Crippen molar-refractivity contribution in [3.05, 3.63) is 33.1 Å². The number of halogens is 1. The molecule has 1 aromatic carbocycles. The van der Waals surface area contributed by atoms with Crippen molar-refractivity contribution in [2.75, 3.05) is 31.7 Å². The Morgan fingerprint density at radius 1 is 1.15 bits per heavy atom. The first-order chi connectivity index (χ1) is 13.0. The summed E-state index contributed by atoms with van der Waals surface area (Å²) in [5, 5.41) is 0. The Morgan fingerprint density at radius 3 is 2.63 bits per heavy atom. The molecule has 1 fully saturated rings. The normalized spacial score (nSPS) is 19.4. The van der Waals surface area contributed by atoms with E-state index >= 15 is 0 Å². The lowest BCUT2D eigenvalue weighted by molar-refractivity contribution is -0.123. The minimum Gasteiger partial charge on any atom is -0.383 e. The fourth-order valence-electron chi connectivity index (χ4n) is 3.19. The number of rotatable bonds is 7. The van der Waals surface area contributed by atoms with Crippen molar-refractivity contribution < 1.29 is 14.3 Å². The molecular weight excluding hydrogens is 448 g/mol. The largest absolute Gasteiger partial charge is 0.383 e. The van der Waals surface area contributed by atoms with Gasteiger partial charge in [-0.15, -0.1) is 0 Å². The molecule has 1 saturated heterocycles. The van der Waals surface area contributed by atoms with Crippen molar-refractivity contribution in [2.45, 2.75) is 26.2 Å². The maximum absolute atomic E-state index is 13.2. The molecule has 3 rings (SSSR count). The molecular formula is C19H21BrN2O3S2. The van der Waals surface area contributed by atoms with E-state index in [0.717, 1.165) is 35.0 Å². The van der Waals surface area contributed by atoms with Crippen LogP contribution in [0.2, 0.25) is 0 Å². The minimum absolute atomic E-state index is 0.119. The standard InChI is InChI=1S/C19H21BrN2O3S2/c1-3-4-5-8-21-14-7-6-12(20)11-13(14)15(17(21)23)16-18(24)22(9-10-25-2)19(26)27-16/h6-7,11H,3-5,8-10H2,1-2H3/b16-15-. The first kappa shape index (κ1) is 20.5. The number of unbranched alkanes of at least 4 members (excludes halogenated alkanes) is 2. The number of amides is 2. The van der Waals surface area contributed by atoms with Gasteiger partial charge in [-0.1, -0.05) is 59.7 Å². The predicted molar refractivity (Wildman–Crippen MR) is 117 cm³/mol. The monoisotopic (exact) mass is 468 g/mol. The zero-order valence-electron chi connectivity index (χ0n) is 15.3. The van der Waals surface area contributed by atoms with Gasteiger partial charge in [-0.25, -0.2) is 0 Å². The summed E-state index contributed by atoms with van der Waals surface area (Å²) in [6.07, 6.45) is 3.07. The van der Waals surface area contributed by atoms with E-state index < -0.39 is 0 Å². The lowest BCUT2D eigenvalue weighted by Gasteiger charge is -2.16. The third-order valence-corrected chi connectivity index (χ3v) is 6.50. The summed E-state index contributed by atoms with van der Waals surface area (Å²) in [4.78, 5) is 29.9. The van der Waals surface area contributed by atoms with Crippen molar-refractivity contribution >= 4 is 67.3 Å². The van der Waals surface area contributed by atoms with Crippen molar-refractivity contribution in [2.24, 2.45) is 0 Å². The smallest absolute Gasteiger partial charge is 0.267 e. The van der Waals surface area contributed by atoms with E-state index in [9.17, 15) is 9.59 Å². The van der Waals surface area contributed by atoms with Crippen molar-refractivity contribution in [1.82, 2.24) is 4.90 Å². The molecule has 27 heavy (non-hydrogen) atoms. The maximum Gasteiger partial charge on any atom is 0.267 e. The van der Waals surface area contributed by atoms with E-state index in [4.69, 9.17) is 17.0 Å². The zero-order valence-corrected chi connectivity index (χ0v) is 18.5. The highest BCUT2D eigenvalue weighted by atomic mass is 79.9. The summed E-state index contributed by atoms with van der Waals surface area (Å²) in [5.74, 6) is -0.335. The average Bonchev–Trinajstić information content (AvgIpc) is 3.06. The van der Waals surface area contributed by atoms with Crippen molar-refractivity contribution in [3.63, 3.8) is 0 Å². The van der Waals surface area contributed by atoms with E-state index in [2.05, 4.69) is 22.9 Å². The Labute approximate surface area is 177 Å². The Kier molecular flexibility index (Phi) is 6.73. The molecule has 0 aliphatic carbocycles. The number of hydrogen-bond acceptors (Lipinski definition) is 5. The number of ether oxygens (including phenoxy) is 1. The van der Waals surface area contributed by atoms with E-state index in [1.165, 1.54) is 16.7 Å². The van der Waals surface area contributed by atoms with E-state index in [1.807, 2.05) is 18.2 Å². The Bertz CT molecular complexity index is 825. The highest BCUT2D eigenvalue weighted by Gasteiger charge is 2.41. The Hall–Kier alpha value is -1.22. The number of thioether (sulfide) groups is 1. The molecule has 1 aromatic rings. The topological polar surface area (TPSA) is 49.9 Å². The summed E-state index contributed by atoms with van der Waals surface area (Å²) in [5.41, 5.74) is 2.11. The lowest BCUT2D eigenvalue weighted by atomic mass is 10.1. The molecule has 0 bridgehead atoms. The number of benzene rings is 1. The molecule has 8 heteroatoms. The number of thiocarbonyl (C=S) groups is 1. The molecule has 0 spiro atoms. The number of methoxy groups -OCH3 is 1. The second-order valence-electron chi connectivity index (χ2n) is 6.35. The second kappa shape index (κ2) is 8.86. The molecule has 0 aromatic heterocycles. The second-order valence-corrected chi connectivity index (χ2v) is 8.91. The van der Waals surface area contributed by atoms with Crippen LogP contribution in [-0.2, 0) is 14.3 Å². The molecule has 2 heterocycles. The quantitative estimate of drug-likeness (QED) is 0.340. The summed E-state index contributed by atoms with van der Waals surface area (Å²) in [7, 11) is 1.58. The number of hydrogen-bond donors (Lipinski definition) is 0. The summed E-state index contributed by atoms with van der Waals surface area (Å²) < 4.78 is 6.40. The number of nitrogens with zero attached hydrogens (tertiary/aromatic N) is 2. The predicted octanol–water partition coefficient (Wildman–Crippen LogP) is 4.20. The van der Waals surface area contributed by atoms with Crippen LogP contribution in [0.25, 0.3) is 5.57 Å². The molecule has 2 aliphatic heterocycles. The van der Waals surface area contributed by atoms with Crippen LogP contribution in [0.1, 0.15) is 31.7 Å². The van der Waals surface area contributed by atoms with Crippen LogP contribution in [0.5, 0.6) is 0 Å². The molecule has 2 amide bonds. The van der Waals surface area contributed by atoms with E-state index in [-0.39, 0.29) is 11.8 Å². The highest BCUT2D eigenvalue weighted by Crippen LogP contribution is 2.45. The van der Waals surface area contributed by atoms with Crippen molar-refractivity contribution in [3.8, 4) is 0 Å². The van der Waals surface area contributed by atoms with Gasteiger partial charge in [0.1, 0.15) is 4.32 Å². The highest BCUT2D eigenvalue weighted by molar-refractivity contribution is 9.10. The fourth-order valence-corrected chi connectivity index (χ4v) is 4.93. The first-order valence-corrected chi connectivity index (χ1v) is 10.9. The minimum atomic E-state index is -0.216. The zero-order chi connectivity index (χ0) is 19.6. The summed E-state index contributed by atoms with van der Waals surface area (Å²) in [6.45, 7) is 3.56. The van der Waals surface area contributed by atoms with Crippen LogP contribution in [0.15, 0.2) is 27.6 Å². The van der Waals surface area contributed by atoms with Gasteiger partial charge in [0.05, 0.1) is 29.3 Å². The molecule has 0 atom stereocenters. The average molecular weight is 469 g/mol.